The highest BCUT2D eigenvalue weighted by Gasteiger charge is 2.20. The fourth-order valence-corrected chi connectivity index (χ4v) is 5.11. The lowest BCUT2D eigenvalue weighted by Gasteiger charge is -2.07. The van der Waals surface area contributed by atoms with Gasteiger partial charge in [-0.15, -0.1) is 22.7 Å². The largest absolute Gasteiger partial charge is 0.314 e. The quantitative estimate of drug-likeness (QED) is 0.466. The number of nitrogens with one attached hydrogen (secondary N) is 1. The molecule has 1 aromatic carbocycles. The zero-order valence-corrected chi connectivity index (χ0v) is 18.2. The minimum Gasteiger partial charge on any atom is -0.314 e. The van der Waals surface area contributed by atoms with Crippen molar-refractivity contribution in [3.05, 3.63) is 73.4 Å². The number of benzene rings is 1. The number of hydrogen-bond donors (Lipinski definition) is 1. The maximum absolute atomic E-state index is 12.9. The van der Waals surface area contributed by atoms with E-state index in [9.17, 15) is 9.59 Å². The summed E-state index contributed by atoms with van der Waals surface area (Å²) >= 11 is 6.37. The van der Waals surface area contributed by atoms with Crippen LogP contribution in [0.5, 0.6) is 0 Å². The van der Waals surface area contributed by atoms with Gasteiger partial charge in [-0.25, -0.2) is 9.67 Å². The second kappa shape index (κ2) is 7.50. The molecule has 0 saturated heterocycles. The van der Waals surface area contributed by atoms with E-state index in [0.29, 0.717) is 11.4 Å². The Labute approximate surface area is 177 Å². The molecule has 0 radical (unpaired) electrons. The molecule has 28 heavy (non-hydrogen) atoms. The molecule has 0 bridgehead atoms. The van der Waals surface area contributed by atoms with Crippen LogP contribution in [0, 0.1) is 6.92 Å². The van der Waals surface area contributed by atoms with E-state index in [1.54, 1.807) is 35.4 Å². The molecule has 3 aromatic heterocycles. The lowest BCUT2D eigenvalue weighted by atomic mass is 10.3. The number of hydrogen-bond acceptors (Lipinski definition) is 5. The van der Waals surface area contributed by atoms with Crippen LogP contribution in [0.1, 0.15) is 16.2 Å². The Hall–Kier alpha value is -2.49. The maximum Gasteiger partial charge on any atom is 0.295 e. The zero-order valence-electron chi connectivity index (χ0n) is 15.0. The molecule has 0 aliphatic heterocycles. The molecule has 0 aliphatic rings. The first-order valence-corrected chi connectivity index (χ1v) is 10.9. The number of amides is 1. The minimum atomic E-state index is -0.399. The highest BCUT2D eigenvalue weighted by Crippen LogP contribution is 2.32. The fraction of sp³-hybridized carbons (Fsp3) is 0.105. The van der Waals surface area contributed by atoms with Crippen molar-refractivity contribution in [2.45, 2.75) is 6.92 Å². The second-order valence-electron chi connectivity index (χ2n) is 6.06. The third-order valence-corrected chi connectivity index (χ3v) is 7.01. The van der Waals surface area contributed by atoms with E-state index in [4.69, 9.17) is 0 Å². The molecule has 0 spiro atoms. The molecular formula is C19H15BrN4O2S2. The Balaban J connectivity index is 1.64. The predicted molar refractivity (Wildman–Crippen MR) is 117 cm³/mol. The van der Waals surface area contributed by atoms with Gasteiger partial charge in [0.05, 0.1) is 16.3 Å². The van der Waals surface area contributed by atoms with Crippen LogP contribution >= 0.6 is 38.6 Å². The van der Waals surface area contributed by atoms with E-state index >= 15 is 0 Å². The first kappa shape index (κ1) is 18.9. The highest BCUT2D eigenvalue weighted by atomic mass is 79.9. The van der Waals surface area contributed by atoms with Crippen LogP contribution < -0.4 is 10.9 Å². The van der Waals surface area contributed by atoms with E-state index in [1.807, 2.05) is 41.8 Å². The lowest BCUT2D eigenvalue weighted by Crippen LogP contribution is -2.23. The van der Waals surface area contributed by atoms with Gasteiger partial charge in [0.1, 0.15) is 16.4 Å². The third kappa shape index (κ3) is 3.36. The lowest BCUT2D eigenvalue weighted by molar-refractivity contribution is 0.102. The molecule has 0 atom stereocenters. The summed E-state index contributed by atoms with van der Waals surface area (Å²) in [6, 6.07) is 11.3. The number of carbonyl (C=O) groups excluding carboxylic acids is 1. The number of thiophene rings is 1. The van der Waals surface area contributed by atoms with Gasteiger partial charge in [0.2, 0.25) is 0 Å². The van der Waals surface area contributed by atoms with Crippen LogP contribution in [-0.4, -0.2) is 20.3 Å². The van der Waals surface area contributed by atoms with Crippen molar-refractivity contribution in [3.63, 3.8) is 0 Å². The number of anilines is 1. The van der Waals surface area contributed by atoms with Crippen molar-refractivity contribution in [2.75, 3.05) is 5.32 Å². The molecule has 6 nitrogen and oxygen atoms in total. The number of halogens is 1. The molecular weight excluding hydrogens is 460 g/mol. The van der Waals surface area contributed by atoms with Crippen LogP contribution in [0.4, 0.5) is 5.69 Å². The Morgan fingerprint density at radius 3 is 2.61 bits per heavy atom. The van der Waals surface area contributed by atoms with E-state index in [2.05, 4.69) is 26.2 Å². The van der Waals surface area contributed by atoms with Crippen molar-refractivity contribution in [2.24, 2.45) is 7.05 Å². The number of carbonyl (C=O) groups is 1. The molecule has 9 heteroatoms. The van der Waals surface area contributed by atoms with Gasteiger partial charge in [-0.2, -0.15) is 0 Å². The molecule has 0 aliphatic carbocycles. The summed E-state index contributed by atoms with van der Waals surface area (Å²) in [7, 11) is 1.79. The van der Waals surface area contributed by atoms with Gasteiger partial charge >= 0.3 is 0 Å². The number of aromatic nitrogens is 3. The van der Waals surface area contributed by atoms with Crippen LogP contribution in [-0.2, 0) is 7.05 Å². The smallest absolute Gasteiger partial charge is 0.295 e. The van der Waals surface area contributed by atoms with Crippen molar-refractivity contribution in [1.29, 1.82) is 0 Å². The summed E-state index contributed by atoms with van der Waals surface area (Å²) in [6.07, 6.45) is 0. The molecule has 0 saturated carbocycles. The van der Waals surface area contributed by atoms with Crippen molar-refractivity contribution >= 4 is 50.2 Å². The van der Waals surface area contributed by atoms with Crippen molar-refractivity contribution in [1.82, 2.24) is 14.3 Å². The predicted octanol–water partition coefficient (Wildman–Crippen LogP) is 4.68. The highest BCUT2D eigenvalue weighted by molar-refractivity contribution is 9.10. The maximum atomic E-state index is 12.9. The summed E-state index contributed by atoms with van der Waals surface area (Å²) in [5.74, 6) is -0.399. The molecule has 0 fully saturated rings. The van der Waals surface area contributed by atoms with Gasteiger partial charge in [-0.3, -0.25) is 14.3 Å². The number of nitrogens with zero attached hydrogens (tertiary/aromatic N) is 3. The Kier molecular flexibility index (Phi) is 5.05. The van der Waals surface area contributed by atoms with Crippen LogP contribution in [0.2, 0.25) is 0 Å². The van der Waals surface area contributed by atoms with E-state index in [0.717, 1.165) is 20.0 Å². The topological polar surface area (TPSA) is 68.9 Å². The zero-order chi connectivity index (χ0) is 19.8. The summed E-state index contributed by atoms with van der Waals surface area (Å²) in [4.78, 5) is 31.0. The van der Waals surface area contributed by atoms with Gasteiger partial charge in [0.15, 0.2) is 0 Å². The van der Waals surface area contributed by atoms with Crippen LogP contribution in [0.15, 0.2) is 56.4 Å². The van der Waals surface area contributed by atoms with Gasteiger partial charge in [-0.05, 0) is 41.1 Å². The number of rotatable bonds is 4. The van der Waals surface area contributed by atoms with E-state index < -0.39 is 5.91 Å². The van der Waals surface area contributed by atoms with Gasteiger partial charge in [0.25, 0.3) is 11.5 Å². The van der Waals surface area contributed by atoms with Crippen molar-refractivity contribution in [3.8, 4) is 15.6 Å². The monoisotopic (exact) mass is 474 g/mol. The van der Waals surface area contributed by atoms with Crippen LogP contribution in [0.25, 0.3) is 15.6 Å². The molecule has 142 valence electrons. The summed E-state index contributed by atoms with van der Waals surface area (Å²) in [6.45, 7) is 1.80. The number of para-hydroxylation sites is 1. The van der Waals surface area contributed by atoms with E-state index in [-0.39, 0.29) is 11.2 Å². The van der Waals surface area contributed by atoms with Gasteiger partial charge < -0.3 is 5.32 Å². The Morgan fingerprint density at radius 1 is 1.18 bits per heavy atom. The molecule has 4 aromatic rings. The molecule has 0 unspecified atom stereocenters. The minimum absolute atomic E-state index is 0.254. The molecule has 1 N–H and O–H groups in total. The summed E-state index contributed by atoms with van der Waals surface area (Å²) in [5, 5.41) is 7.18. The normalized spacial score (nSPS) is 11.0. The second-order valence-corrected chi connectivity index (χ2v) is 8.74. The Morgan fingerprint density at radius 2 is 1.93 bits per heavy atom. The fourth-order valence-electron chi connectivity index (χ4n) is 2.81. The molecule has 4 rings (SSSR count). The molecule has 3 heterocycles. The summed E-state index contributed by atoms with van der Waals surface area (Å²) in [5.41, 5.74) is 1.66. The Bertz CT molecular complexity index is 1220. The number of thiazole rings is 1. The van der Waals surface area contributed by atoms with Crippen LogP contribution in [0.3, 0.4) is 0 Å². The summed E-state index contributed by atoms with van der Waals surface area (Å²) < 4.78 is 4.24. The van der Waals surface area contributed by atoms with Crippen molar-refractivity contribution < 1.29 is 4.79 Å². The average molecular weight is 475 g/mol. The molecule has 1 amide bonds. The first-order chi connectivity index (χ1) is 13.5. The third-order valence-electron chi connectivity index (χ3n) is 4.31. The average Bonchev–Trinajstić information content (AvgIpc) is 3.39. The van der Waals surface area contributed by atoms with Gasteiger partial charge in [-0.1, -0.05) is 18.2 Å². The van der Waals surface area contributed by atoms with Gasteiger partial charge in [0, 0.05) is 22.3 Å². The SMILES string of the molecule is Cc1c(NC(=O)c2csc(-c3cc(Br)cs3)n2)c(=O)n(-c2ccccc2)n1C. The standard InChI is InChI=1S/C19H15BrN4O2S2/c1-11-16(19(26)24(23(11)2)13-6-4-3-5-7-13)22-17(25)14-10-28-18(21-14)15-8-12(20)9-27-15/h3-10H,1-2H3,(H,22,25). The first-order valence-electron chi connectivity index (χ1n) is 8.31. The van der Waals surface area contributed by atoms with E-state index in [1.165, 1.54) is 16.0 Å².